The molecule has 0 heterocycles. The van der Waals surface area contributed by atoms with Gasteiger partial charge < -0.3 is 28.1 Å². The molecule has 2 rings (SSSR count). The third kappa shape index (κ3) is 10.4. The summed E-state index contributed by atoms with van der Waals surface area (Å²) in [4.78, 5) is 0. The second-order valence-electron chi connectivity index (χ2n) is 4.81. The maximum atomic E-state index is 7.57. The Morgan fingerprint density at radius 1 is 0.846 bits per heavy atom. The molecule has 5 nitrogen and oxygen atoms in total. The summed E-state index contributed by atoms with van der Waals surface area (Å²) in [6.45, 7) is 7.17. The monoisotopic (exact) mass is 502 g/mol. The zero-order valence-corrected chi connectivity index (χ0v) is 20.9. The molecule has 0 aromatic heterocycles. The van der Waals surface area contributed by atoms with Crippen molar-refractivity contribution in [3.05, 3.63) is 48.5 Å². The summed E-state index contributed by atoms with van der Waals surface area (Å²) < 4.78 is 10.8. The summed E-state index contributed by atoms with van der Waals surface area (Å²) in [6.07, 6.45) is 0. The van der Waals surface area contributed by atoms with Crippen molar-refractivity contribution >= 4 is 77.6 Å². The maximum Gasteiger partial charge on any atom is 2.00 e. The first kappa shape index (κ1) is 25.3. The standard InChI is InChI=1S/C17H20N2O2S.C2H6O.Ba.2H/c1-3-20-15-9-5-13(6-10-15)18-17(22)19-14-7-11-16(12-8-14)21-4-2;1-2-3;;;/h5-12H,3-4H2,1-2H3,(H2,18,19,22);3H,2H2,1H3;;;/q;;+2;2*-1. The summed E-state index contributed by atoms with van der Waals surface area (Å²) in [6, 6.07) is 15.3. The van der Waals surface area contributed by atoms with Crippen molar-refractivity contribution in [2.24, 2.45) is 0 Å². The topological polar surface area (TPSA) is 62.8 Å². The van der Waals surface area contributed by atoms with E-state index in [2.05, 4.69) is 10.6 Å². The Bertz CT molecular complexity index is 579. The van der Waals surface area contributed by atoms with Gasteiger partial charge >= 0.3 is 48.9 Å². The van der Waals surface area contributed by atoms with E-state index in [0.29, 0.717) is 18.3 Å². The molecule has 0 unspecified atom stereocenters. The number of aliphatic hydroxyl groups is 1. The largest absolute Gasteiger partial charge is 2.00 e. The van der Waals surface area contributed by atoms with Crippen molar-refractivity contribution in [2.45, 2.75) is 20.8 Å². The molecule has 0 aliphatic heterocycles. The van der Waals surface area contributed by atoms with Crippen LogP contribution in [0, 0.1) is 0 Å². The van der Waals surface area contributed by atoms with Crippen LogP contribution >= 0.6 is 12.2 Å². The summed E-state index contributed by atoms with van der Waals surface area (Å²) >= 11 is 5.30. The van der Waals surface area contributed by atoms with E-state index < -0.39 is 0 Å². The molecule has 0 radical (unpaired) electrons. The number of nitrogens with one attached hydrogen (secondary N) is 2. The van der Waals surface area contributed by atoms with E-state index in [4.69, 9.17) is 26.8 Å². The number of rotatable bonds is 6. The fourth-order valence-electron chi connectivity index (χ4n) is 1.90. The molecule has 26 heavy (non-hydrogen) atoms. The predicted molar refractivity (Wildman–Crippen MR) is 116 cm³/mol. The van der Waals surface area contributed by atoms with Crippen LogP contribution in [-0.4, -0.2) is 78.9 Å². The molecular formula is C19H28BaN2O3S. The molecule has 140 valence electrons. The molecule has 0 spiro atoms. The molecular weight excluding hydrogens is 474 g/mol. The van der Waals surface area contributed by atoms with Crippen LogP contribution in [0.25, 0.3) is 0 Å². The first-order valence-corrected chi connectivity index (χ1v) is 8.68. The van der Waals surface area contributed by atoms with E-state index in [1.807, 2.05) is 62.4 Å². The number of anilines is 2. The fourth-order valence-corrected chi connectivity index (χ4v) is 2.13. The van der Waals surface area contributed by atoms with Gasteiger partial charge in [-0.1, -0.05) is 0 Å². The normalized spacial score (nSPS) is 9.08. The zero-order valence-electron chi connectivity index (χ0n) is 17.6. The number of aliphatic hydroxyl groups excluding tert-OH is 1. The van der Waals surface area contributed by atoms with Gasteiger partial charge in [0.1, 0.15) is 11.5 Å². The van der Waals surface area contributed by atoms with Crippen molar-refractivity contribution in [3.63, 3.8) is 0 Å². The molecule has 3 N–H and O–H groups in total. The van der Waals surface area contributed by atoms with Gasteiger partial charge in [-0.25, -0.2) is 0 Å². The summed E-state index contributed by atoms with van der Waals surface area (Å²) in [5.41, 5.74) is 1.82. The van der Waals surface area contributed by atoms with Crippen LogP contribution in [0.15, 0.2) is 48.5 Å². The Labute approximate surface area is 204 Å². The van der Waals surface area contributed by atoms with Crippen LogP contribution in [0.1, 0.15) is 23.6 Å². The molecule has 0 saturated heterocycles. The van der Waals surface area contributed by atoms with E-state index >= 15 is 0 Å². The van der Waals surface area contributed by atoms with Crippen molar-refractivity contribution in [3.8, 4) is 11.5 Å². The average molecular weight is 502 g/mol. The van der Waals surface area contributed by atoms with Crippen LogP contribution in [0.2, 0.25) is 0 Å². The number of hydrogen-bond donors (Lipinski definition) is 3. The van der Waals surface area contributed by atoms with Gasteiger partial charge in [0.2, 0.25) is 0 Å². The second kappa shape index (κ2) is 15.3. The Kier molecular flexibility index (Phi) is 14.9. The Morgan fingerprint density at radius 2 is 1.15 bits per heavy atom. The van der Waals surface area contributed by atoms with Gasteiger partial charge in [0.05, 0.1) is 13.2 Å². The summed E-state index contributed by atoms with van der Waals surface area (Å²) in [7, 11) is 0. The van der Waals surface area contributed by atoms with Crippen LogP contribution < -0.4 is 20.1 Å². The minimum Gasteiger partial charge on any atom is -1.00 e. The zero-order chi connectivity index (χ0) is 18.5. The fraction of sp³-hybridized carbons (Fsp3) is 0.316. The SMILES string of the molecule is CCO.CCOc1ccc(NC(=S)Nc2ccc(OCC)cc2)cc1.[Ba+2].[H-].[H-]. The van der Waals surface area contributed by atoms with E-state index in [0.717, 1.165) is 22.9 Å². The summed E-state index contributed by atoms with van der Waals surface area (Å²) in [5.74, 6) is 1.69. The predicted octanol–water partition coefficient (Wildman–Crippen LogP) is 4.14. The van der Waals surface area contributed by atoms with Gasteiger partial charge in [0, 0.05) is 18.0 Å². The number of hydrogen-bond acceptors (Lipinski definition) is 4. The molecule has 7 heteroatoms. The first-order valence-electron chi connectivity index (χ1n) is 8.27. The van der Waals surface area contributed by atoms with Gasteiger partial charge in [-0.05, 0) is 81.5 Å². The van der Waals surface area contributed by atoms with Crippen LogP contribution in [-0.2, 0) is 0 Å². The van der Waals surface area contributed by atoms with Gasteiger partial charge in [0.25, 0.3) is 0 Å². The Morgan fingerprint density at radius 3 is 1.42 bits per heavy atom. The van der Waals surface area contributed by atoms with Gasteiger partial charge in [-0.3, -0.25) is 0 Å². The summed E-state index contributed by atoms with van der Waals surface area (Å²) in [5, 5.41) is 14.4. The minimum absolute atomic E-state index is 0. The molecule has 0 atom stereocenters. The molecule has 0 amide bonds. The van der Waals surface area contributed by atoms with E-state index in [9.17, 15) is 0 Å². The number of ether oxygens (including phenoxy) is 2. The minimum atomic E-state index is 0. The molecule has 2 aromatic rings. The maximum absolute atomic E-state index is 7.57. The van der Waals surface area contributed by atoms with Crippen molar-refractivity contribution in [2.75, 3.05) is 30.5 Å². The quantitative estimate of drug-likeness (QED) is 0.409. The van der Waals surface area contributed by atoms with E-state index in [1.54, 1.807) is 6.92 Å². The molecule has 2 aromatic carbocycles. The Hall–Kier alpha value is -0.739. The average Bonchev–Trinajstić information content (AvgIpc) is 2.60. The van der Waals surface area contributed by atoms with Crippen molar-refractivity contribution in [1.29, 1.82) is 0 Å². The molecule has 0 aliphatic rings. The van der Waals surface area contributed by atoms with Crippen molar-refractivity contribution < 1.29 is 17.4 Å². The molecule has 0 aliphatic carbocycles. The Balaban J connectivity index is -0.000000978. The van der Waals surface area contributed by atoms with Crippen LogP contribution in [0.4, 0.5) is 11.4 Å². The number of benzene rings is 2. The van der Waals surface area contributed by atoms with Gasteiger partial charge in [-0.15, -0.1) is 0 Å². The van der Waals surface area contributed by atoms with Gasteiger partial charge in [0.15, 0.2) is 5.11 Å². The molecule has 0 bridgehead atoms. The third-order valence-corrected chi connectivity index (χ3v) is 3.05. The second-order valence-corrected chi connectivity index (χ2v) is 5.22. The van der Waals surface area contributed by atoms with E-state index in [1.165, 1.54) is 0 Å². The van der Waals surface area contributed by atoms with Crippen molar-refractivity contribution in [1.82, 2.24) is 0 Å². The smallest absolute Gasteiger partial charge is 1.00 e. The molecule has 0 saturated carbocycles. The van der Waals surface area contributed by atoms with E-state index in [-0.39, 0.29) is 58.3 Å². The third-order valence-electron chi connectivity index (χ3n) is 2.85. The first-order chi connectivity index (χ1) is 12.1. The number of thiocarbonyl (C=S) groups is 1. The van der Waals surface area contributed by atoms with Crippen LogP contribution in [0.5, 0.6) is 11.5 Å². The van der Waals surface area contributed by atoms with Crippen LogP contribution in [0.3, 0.4) is 0 Å². The molecule has 0 fully saturated rings. The van der Waals surface area contributed by atoms with Gasteiger partial charge in [-0.2, -0.15) is 0 Å².